The van der Waals surface area contributed by atoms with E-state index in [1.807, 2.05) is 0 Å². The Kier molecular flexibility index (Phi) is 5.16. The fourth-order valence-corrected chi connectivity index (χ4v) is 4.75. The van der Waals surface area contributed by atoms with E-state index in [-0.39, 0.29) is 5.56 Å². The van der Waals surface area contributed by atoms with Crippen molar-refractivity contribution in [2.45, 2.75) is 31.4 Å². The molecule has 1 aromatic rings. The molecule has 0 radical (unpaired) electrons. The molecule has 1 aromatic carbocycles. The lowest BCUT2D eigenvalue weighted by atomic mass is 10.1. The fourth-order valence-electron chi connectivity index (χ4n) is 2.47. The Bertz CT molecular complexity index is 495. The predicted molar refractivity (Wildman–Crippen MR) is 79.8 cm³/mol. The highest BCUT2D eigenvalue weighted by Crippen LogP contribution is 2.27. The zero-order valence-electron chi connectivity index (χ0n) is 10.6. The molecule has 5 heteroatoms. The molecule has 0 heterocycles. The number of hydrogen-bond donors (Lipinski definition) is 1. The summed E-state index contributed by atoms with van der Waals surface area (Å²) in [6.45, 7) is 0. The molecule has 0 aliphatic heterocycles. The van der Waals surface area contributed by atoms with Crippen molar-refractivity contribution in [2.75, 3.05) is 5.75 Å². The van der Waals surface area contributed by atoms with Gasteiger partial charge in [0.2, 0.25) is 0 Å². The van der Waals surface area contributed by atoms with Crippen LogP contribution in [0.5, 0.6) is 0 Å². The first-order valence-electron chi connectivity index (χ1n) is 6.43. The molecule has 104 valence electrons. The van der Waals surface area contributed by atoms with E-state index in [0.29, 0.717) is 11.7 Å². The molecule has 1 aliphatic carbocycles. The Hall–Kier alpha value is -0.680. The van der Waals surface area contributed by atoms with Gasteiger partial charge in [-0.05, 0) is 36.5 Å². The summed E-state index contributed by atoms with van der Waals surface area (Å²) in [6, 6.07) is 4.89. The first-order valence-corrected chi connectivity index (χ1v) is 8.71. The van der Waals surface area contributed by atoms with E-state index in [1.165, 1.54) is 25.7 Å². The lowest BCUT2D eigenvalue weighted by Crippen LogP contribution is -2.10. The van der Waals surface area contributed by atoms with E-state index in [4.69, 9.17) is 5.11 Å². The van der Waals surface area contributed by atoms with Crippen molar-refractivity contribution < 1.29 is 14.1 Å². The minimum absolute atomic E-state index is 0.247. The average molecular weight is 345 g/mol. The molecule has 1 saturated carbocycles. The van der Waals surface area contributed by atoms with Gasteiger partial charge >= 0.3 is 5.97 Å². The fraction of sp³-hybridized carbons (Fsp3) is 0.500. The van der Waals surface area contributed by atoms with Crippen LogP contribution in [0.15, 0.2) is 22.7 Å². The van der Waals surface area contributed by atoms with Crippen molar-refractivity contribution in [3.63, 3.8) is 0 Å². The standard InChI is InChI=1S/C14H17BrO3S/c15-13-7-11(14(16)17)5-6-12(13)9-19(18)8-10-3-1-2-4-10/h5-7,10H,1-4,8-9H2,(H,16,17). The van der Waals surface area contributed by atoms with E-state index in [1.54, 1.807) is 18.2 Å². The van der Waals surface area contributed by atoms with Crippen molar-refractivity contribution in [1.29, 1.82) is 0 Å². The van der Waals surface area contributed by atoms with E-state index in [9.17, 15) is 9.00 Å². The van der Waals surface area contributed by atoms with Crippen molar-refractivity contribution in [1.82, 2.24) is 0 Å². The van der Waals surface area contributed by atoms with Crippen molar-refractivity contribution >= 4 is 32.7 Å². The Morgan fingerprint density at radius 1 is 1.37 bits per heavy atom. The van der Waals surface area contributed by atoms with Crippen LogP contribution < -0.4 is 0 Å². The van der Waals surface area contributed by atoms with Gasteiger partial charge in [0.1, 0.15) is 0 Å². The van der Waals surface area contributed by atoms with E-state index in [2.05, 4.69) is 15.9 Å². The van der Waals surface area contributed by atoms with Crippen LogP contribution in [0.3, 0.4) is 0 Å². The smallest absolute Gasteiger partial charge is 0.335 e. The summed E-state index contributed by atoms with van der Waals surface area (Å²) in [5, 5.41) is 8.89. The second kappa shape index (κ2) is 6.66. The summed E-state index contributed by atoms with van der Waals surface area (Å²) in [5.74, 6) is 0.932. The van der Waals surface area contributed by atoms with Crippen molar-refractivity contribution in [2.24, 2.45) is 5.92 Å². The van der Waals surface area contributed by atoms with Gasteiger partial charge in [0.05, 0.1) is 5.56 Å². The first-order chi connectivity index (χ1) is 9.06. The Balaban J connectivity index is 1.98. The molecule has 1 atom stereocenters. The molecule has 0 aromatic heterocycles. The van der Waals surface area contributed by atoms with Crippen molar-refractivity contribution in [3.8, 4) is 0 Å². The van der Waals surface area contributed by atoms with Gasteiger partial charge in [-0.3, -0.25) is 4.21 Å². The minimum Gasteiger partial charge on any atom is -0.478 e. The molecular weight excluding hydrogens is 328 g/mol. The third kappa shape index (κ3) is 4.14. The summed E-state index contributed by atoms with van der Waals surface area (Å²) in [5.41, 5.74) is 1.17. The van der Waals surface area contributed by atoms with Gasteiger partial charge in [0, 0.05) is 26.8 Å². The third-order valence-electron chi connectivity index (χ3n) is 3.51. The number of hydrogen-bond acceptors (Lipinski definition) is 2. The second-order valence-electron chi connectivity index (χ2n) is 5.01. The molecular formula is C14H17BrO3S. The SMILES string of the molecule is O=C(O)c1ccc(CS(=O)CC2CCCC2)c(Br)c1. The highest BCUT2D eigenvalue weighted by atomic mass is 79.9. The molecule has 1 fully saturated rings. The van der Waals surface area contributed by atoms with E-state index < -0.39 is 16.8 Å². The van der Waals surface area contributed by atoms with Gasteiger partial charge in [-0.2, -0.15) is 0 Å². The average Bonchev–Trinajstić information content (AvgIpc) is 2.84. The third-order valence-corrected chi connectivity index (χ3v) is 5.73. The summed E-state index contributed by atoms with van der Waals surface area (Å²) < 4.78 is 12.8. The number of carboxylic acids is 1. The number of carbonyl (C=O) groups is 1. The summed E-state index contributed by atoms with van der Waals surface area (Å²) in [4.78, 5) is 10.8. The number of carboxylic acid groups (broad SMARTS) is 1. The molecule has 0 bridgehead atoms. The van der Waals surface area contributed by atoms with Gasteiger partial charge in [-0.25, -0.2) is 4.79 Å². The Morgan fingerprint density at radius 2 is 2.05 bits per heavy atom. The molecule has 19 heavy (non-hydrogen) atoms. The molecule has 0 saturated heterocycles. The number of halogens is 1. The second-order valence-corrected chi connectivity index (χ2v) is 7.37. The van der Waals surface area contributed by atoms with E-state index >= 15 is 0 Å². The van der Waals surface area contributed by atoms with Crippen LogP contribution in [0.4, 0.5) is 0 Å². The van der Waals surface area contributed by atoms with Crippen LogP contribution in [0.2, 0.25) is 0 Å². The predicted octanol–water partition coefficient (Wildman–Crippen LogP) is 3.59. The zero-order valence-corrected chi connectivity index (χ0v) is 13.0. The molecule has 1 aliphatic rings. The van der Waals surface area contributed by atoms with Gasteiger partial charge in [0.25, 0.3) is 0 Å². The van der Waals surface area contributed by atoms with Crippen LogP contribution in [-0.2, 0) is 16.6 Å². The summed E-state index contributed by atoms with van der Waals surface area (Å²) >= 11 is 3.36. The van der Waals surface area contributed by atoms with Crippen LogP contribution in [0, 0.1) is 5.92 Å². The normalized spacial score (nSPS) is 17.5. The topological polar surface area (TPSA) is 54.4 Å². The van der Waals surface area contributed by atoms with E-state index in [0.717, 1.165) is 15.8 Å². The Labute approximate surface area is 124 Å². The zero-order chi connectivity index (χ0) is 13.8. The molecule has 0 spiro atoms. The van der Waals surface area contributed by atoms with Crippen LogP contribution in [-0.4, -0.2) is 21.0 Å². The molecule has 0 amide bonds. The maximum Gasteiger partial charge on any atom is 0.335 e. The van der Waals surface area contributed by atoms with Gasteiger partial charge in [0.15, 0.2) is 0 Å². The van der Waals surface area contributed by atoms with Crippen LogP contribution in [0.25, 0.3) is 0 Å². The highest BCUT2D eigenvalue weighted by molar-refractivity contribution is 9.10. The maximum atomic E-state index is 12.1. The van der Waals surface area contributed by atoms with Crippen molar-refractivity contribution in [3.05, 3.63) is 33.8 Å². The number of benzene rings is 1. The quantitative estimate of drug-likeness (QED) is 0.887. The molecule has 3 nitrogen and oxygen atoms in total. The maximum absolute atomic E-state index is 12.1. The monoisotopic (exact) mass is 344 g/mol. The Morgan fingerprint density at radius 3 is 2.63 bits per heavy atom. The first kappa shape index (κ1) is 14.7. The van der Waals surface area contributed by atoms with Gasteiger partial charge in [-0.15, -0.1) is 0 Å². The summed E-state index contributed by atoms with van der Waals surface area (Å²) in [6.07, 6.45) is 4.92. The number of aromatic carboxylic acids is 1. The minimum atomic E-state index is -0.945. The lowest BCUT2D eigenvalue weighted by molar-refractivity contribution is 0.0697. The summed E-state index contributed by atoms with van der Waals surface area (Å²) in [7, 11) is -0.866. The van der Waals surface area contributed by atoms with Gasteiger partial charge in [-0.1, -0.05) is 34.8 Å². The molecule has 1 N–H and O–H groups in total. The largest absolute Gasteiger partial charge is 0.478 e. The highest BCUT2D eigenvalue weighted by Gasteiger charge is 2.18. The molecule has 1 unspecified atom stereocenters. The number of rotatable bonds is 5. The van der Waals surface area contributed by atoms with Crippen LogP contribution >= 0.6 is 15.9 Å². The molecule has 2 rings (SSSR count). The van der Waals surface area contributed by atoms with Crippen LogP contribution in [0.1, 0.15) is 41.6 Å². The van der Waals surface area contributed by atoms with Gasteiger partial charge < -0.3 is 5.11 Å². The lowest BCUT2D eigenvalue weighted by Gasteiger charge is -2.10.